The lowest BCUT2D eigenvalue weighted by Gasteiger charge is -2.38. The summed E-state index contributed by atoms with van der Waals surface area (Å²) in [7, 11) is 3.17. The number of fused-ring (bicyclic) bond motifs is 2. The number of likely N-dealkylation sites (tertiary alicyclic amines) is 1. The minimum atomic E-state index is -1.07. The molecule has 242 valence electrons. The third-order valence-electron chi connectivity index (χ3n) is 9.14. The third-order valence-corrected chi connectivity index (χ3v) is 9.14. The van der Waals surface area contributed by atoms with Gasteiger partial charge in [-0.1, -0.05) is 12.1 Å². The Hall–Kier alpha value is -4.76. The monoisotopic (exact) mass is 627 g/mol. The van der Waals surface area contributed by atoms with Crippen LogP contribution in [0.4, 0.5) is 0 Å². The highest BCUT2D eigenvalue weighted by molar-refractivity contribution is 5.95. The van der Waals surface area contributed by atoms with Crippen molar-refractivity contribution in [1.29, 1.82) is 5.26 Å². The van der Waals surface area contributed by atoms with Gasteiger partial charge in [-0.25, -0.2) is 4.79 Å². The molecule has 3 amide bonds. The number of nitrogens with zero attached hydrogens (tertiary/aromatic N) is 4. The van der Waals surface area contributed by atoms with E-state index in [4.69, 9.17) is 4.52 Å². The van der Waals surface area contributed by atoms with Gasteiger partial charge in [-0.05, 0) is 99.4 Å². The molecule has 2 aromatic carbocycles. The standard InChI is InChI=1S/C34H41N7O5/c1-20(2)41-32(39-33(45)46-41)34(17-21(3)38-19-29(42)40-14-6-7-26(40)18-35)27-12-10-24(30(43)36-4)15-22(27)8-9-23-16-25(31(44)37-5)11-13-28(23)34/h10-13,15-16,20-21,26,38H,6-9,14,17,19H2,1-5H3,(H,36,43)(H,37,44)/t21-,26+/m1/s1. The average Bonchev–Trinajstić information content (AvgIpc) is 3.68. The van der Waals surface area contributed by atoms with Gasteiger partial charge in [-0.3, -0.25) is 14.4 Å². The Bertz CT molecular complexity index is 1680. The number of hydrogen-bond donors (Lipinski definition) is 3. The second-order valence-electron chi connectivity index (χ2n) is 12.4. The molecule has 0 spiro atoms. The molecule has 0 radical (unpaired) electrons. The molecule has 0 bridgehead atoms. The van der Waals surface area contributed by atoms with Crippen LogP contribution in [0.15, 0.2) is 45.7 Å². The number of aromatic nitrogens is 2. The van der Waals surface area contributed by atoms with E-state index in [9.17, 15) is 24.4 Å². The van der Waals surface area contributed by atoms with Gasteiger partial charge in [-0.2, -0.15) is 15.0 Å². The van der Waals surface area contributed by atoms with Crippen LogP contribution in [0.2, 0.25) is 0 Å². The van der Waals surface area contributed by atoms with Gasteiger partial charge in [0.25, 0.3) is 11.8 Å². The van der Waals surface area contributed by atoms with Crippen LogP contribution in [0.1, 0.15) is 94.9 Å². The van der Waals surface area contributed by atoms with E-state index >= 15 is 0 Å². The number of carbonyl (C=O) groups excluding carboxylic acids is 3. The van der Waals surface area contributed by atoms with Gasteiger partial charge < -0.3 is 25.4 Å². The van der Waals surface area contributed by atoms with Crippen molar-refractivity contribution in [3.8, 4) is 6.07 Å². The van der Waals surface area contributed by atoms with Crippen LogP contribution < -0.4 is 21.7 Å². The van der Waals surface area contributed by atoms with E-state index in [0.717, 1.165) is 28.7 Å². The zero-order valence-corrected chi connectivity index (χ0v) is 27.0. The first kappa shape index (κ1) is 32.6. The van der Waals surface area contributed by atoms with Crippen molar-refractivity contribution in [2.45, 2.75) is 76.4 Å². The van der Waals surface area contributed by atoms with Crippen LogP contribution in [-0.4, -0.2) is 71.6 Å². The summed E-state index contributed by atoms with van der Waals surface area (Å²) in [5, 5.41) is 18.3. The van der Waals surface area contributed by atoms with Crippen molar-refractivity contribution < 1.29 is 18.9 Å². The molecule has 1 saturated heterocycles. The van der Waals surface area contributed by atoms with E-state index in [-0.39, 0.29) is 36.3 Å². The van der Waals surface area contributed by atoms with Crippen molar-refractivity contribution in [1.82, 2.24) is 30.6 Å². The molecule has 2 heterocycles. The Balaban J connectivity index is 1.70. The molecule has 1 aliphatic carbocycles. The lowest BCUT2D eigenvalue weighted by Crippen LogP contribution is -2.46. The second-order valence-corrected chi connectivity index (χ2v) is 12.4. The third kappa shape index (κ3) is 5.95. The maximum Gasteiger partial charge on any atom is 0.459 e. The smallest absolute Gasteiger partial charge is 0.355 e. The molecule has 46 heavy (non-hydrogen) atoms. The van der Waals surface area contributed by atoms with E-state index in [1.165, 1.54) is 0 Å². The van der Waals surface area contributed by atoms with Gasteiger partial charge in [0.2, 0.25) is 5.91 Å². The largest absolute Gasteiger partial charge is 0.459 e. The molecule has 12 heteroatoms. The number of benzene rings is 2. The zero-order chi connectivity index (χ0) is 33.2. The summed E-state index contributed by atoms with van der Waals surface area (Å²) >= 11 is 0. The Kier molecular flexibility index (Phi) is 9.44. The van der Waals surface area contributed by atoms with Crippen LogP contribution in [0.5, 0.6) is 0 Å². The molecule has 2 aliphatic rings. The Labute approximate surface area is 268 Å². The Morgan fingerprint density at radius 3 is 2.13 bits per heavy atom. The highest BCUT2D eigenvalue weighted by atomic mass is 16.5. The first-order valence-electron chi connectivity index (χ1n) is 15.8. The number of aryl methyl sites for hydroxylation is 2. The lowest BCUT2D eigenvalue weighted by atomic mass is 9.67. The molecule has 5 rings (SSSR count). The van der Waals surface area contributed by atoms with Gasteiger partial charge in [0.05, 0.1) is 24.1 Å². The summed E-state index contributed by atoms with van der Waals surface area (Å²) in [6.45, 7) is 6.38. The molecule has 0 saturated carbocycles. The number of hydrogen-bond acceptors (Lipinski definition) is 8. The number of rotatable bonds is 9. The topological polar surface area (TPSA) is 162 Å². The molecule has 1 aliphatic heterocycles. The van der Waals surface area contributed by atoms with E-state index in [1.807, 2.05) is 45.0 Å². The van der Waals surface area contributed by atoms with Crippen molar-refractivity contribution in [2.75, 3.05) is 27.2 Å². The Morgan fingerprint density at radius 1 is 1.02 bits per heavy atom. The SMILES string of the molecule is CNC(=O)c1ccc2c(c1)CCc1cc(C(=O)NC)ccc1C2(C[C@@H](C)NCC(=O)N1CCC[C@H]1C#N)c1nc(=O)on1C(C)C. The van der Waals surface area contributed by atoms with Gasteiger partial charge >= 0.3 is 5.76 Å². The quantitative estimate of drug-likeness (QED) is 0.326. The van der Waals surface area contributed by atoms with E-state index in [0.29, 0.717) is 49.2 Å². The fourth-order valence-corrected chi connectivity index (χ4v) is 6.98. The molecular weight excluding hydrogens is 586 g/mol. The fourth-order valence-electron chi connectivity index (χ4n) is 6.98. The molecule has 1 aromatic heterocycles. The minimum Gasteiger partial charge on any atom is -0.355 e. The first-order valence-corrected chi connectivity index (χ1v) is 15.8. The van der Waals surface area contributed by atoms with Crippen LogP contribution in [0.25, 0.3) is 0 Å². The van der Waals surface area contributed by atoms with Crippen LogP contribution in [-0.2, 0) is 23.1 Å². The first-order chi connectivity index (χ1) is 22.0. The normalized spacial score (nSPS) is 17.4. The maximum absolute atomic E-state index is 13.2. The van der Waals surface area contributed by atoms with E-state index in [1.54, 1.807) is 35.9 Å². The lowest BCUT2D eigenvalue weighted by molar-refractivity contribution is -0.130. The van der Waals surface area contributed by atoms with Crippen LogP contribution in [0.3, 0.4) is 0 Å². The summed E-state index contributed by atoms with van der Waals surface area (Å²) in [6.07, 6.45) is 2.97. The van der Waals surface area contributed by atoms with Crippen molar-refractivity contribution >= 4 is 17.7 Å². The van der Waals surface area contributed by atoms with Crippen molar-refractivity contribution in [3.05, 3.63) is 86.2 Å². The van der Waals surface area contributed by atoms with Crippen molar-refractivity contribution in [2.24, 2.45) is 0 Å². The van der Waals surface area contributed by atoms with Crippen molar-refractivity contribution in [3.63, 3.8) is 0 Å². The fraction of sp³-hybridized carbons (Fsp3) is 0.471. The summed E-state index contributed by atoms with van der Waals surface area (Å²) in [4.78, 5) is 57.6. The van der Waals surface area contributed by atoms with E-state index in [2.05, 4.69) is 27.0 Å². The highest BCUT2D eigenvalue weighted by Crippen LogP contribution is 2.48. The highest BCUT2D eigenvalue weighted by Gasteiger charge is 2.47. The molecule has 3 N–H and O–H groups in total. The molecule has 1 fully saturated rings. The molecule has 3 aromatic rings. The number of amides is 3. The van der Waals surface area contributed by atoms with Crippen LogP contribution >= 0.6 is 0 Å². The summed E-state index contributed by atoms with van der Waals surface area (Å²) in [5.41, 5.74) is 3.46. The number of nitriles is 1. The number of nitrogens with one attached hydrogen (secondary N) is 3. The van der Waals surface area contributed by atoms with Gasteiger partial charge in [0.15, 0.2) is 5.82 Å². The van der Waals surface area contributed by atoms with Crippen LogP contribution in [0, 0.1) is 11.3 Å². The molecule has 2 atom stereocenters. The summed E-state index contributed by atoms with van der Waals surface area (Å²) in [6, 6.07) is 12.4. The average molecular weight is 628 g/mol. The zero-order valence-electron chi connectivity index (χ0n) is 27.0. The van der Waals surface area contributed by atoms with Gasteiger partial charge in [0, 0.05) is 37.8 Å². The molecule has 12 nitrogen and oxygen atoms in total. The summed E-state index contributed by atoms with van der Waals surface area (Å²) < 4.78 is 7.21. The van der Waals surface area contributed by atoms with E-state index < -0.39 is 17.2 Å². The molecular formula is C34H41N7O5. The van der Waals surface area contributed by atoms with Gasteiger partial charge in [-0.15, -0.1) is 0 Å². The number of carbonyl (C=O) groups is 3. The Morgan fingerprint density at radius 2 is 1.61 bits per heavy atom. The second kappa shape index (κ2) is 13.3. The molecule has 0 unspecified atom stereocenters. The van der Waals surface area contributed by atoms with Gasteiger partial charge in [0.1, 0.15) is 6.04 Å². The minimum absolute atomic E-state index is 0.0379. The maximum atomic E-state index is 13.2. The predicted molar refractivity (Wildman–Crippen MR) is 171 cm³/mol. The summed E-state index contributed by atoms with van der Waals surface area (Å²) in [5.74, 6) is -0.905. The predicted octanol–water partition coefficient (Wildman–Crippen LogP) is 2.45.